The molecule has 72 valence electrons. The van der Waals surface area contributed by atoms with E-state index in [9.17, 15) is 13.2 Å². The van der Waals surface area contributed by atoms with Crippen LogP contribution in [0.3, 0.4) is 0 Å². The molecule has 0 unspecified atom stereocenters. The van der Waals surface area contributed by atoms with Gasteiger partial charge in [-0.15, -0.1) is 0 Å². The lowest BCUT2D eigenvalue weighted by Gasteiger charge is -2.09. The predicted molar refractivity (Wildman–Crippen MR) is 49.1 cm³/mol. The summed E-state index contributed by atoms with van der Waals surface area (Å²) in [4.78, 5) is 0. The summed E-state index contributed by atoms with van der Waals surface area (Å²) in [5.74, 6) is 0. The minimum absolute atomic E-state index is 0.266. The Labute approximate surface area is 86.8 Å². The lowest BCUT2D eigenvalue weighted by Crippen LogP contribution is -2.06. The van der Waals surface area contributed by atoms with Gasteiger partial charge in [0, 0.05) is 5.33 Å². The van der Waals surface area contributed by atoms with Crippen LogP contribution in [0.2, 0.25) is 5.02 Å². The van der Waals surface area contributed by atoms with Gasteiger partial charge in [0.1, 0.15) is 0 Å². The van der Waals surface area contributed by atoms with Crippen molar-refractivity contribution in [1.82, 2.24) is 0 Å². The molecule has 0 N–H and O–H groups in total. The fraction of sp³-hybridized carbons (Fsp3) is 0.250. The van der Waals surface area contributed by atoms with E-state index in [1.54, 1.807) is 6.07 Å². The van der Waals surface area contributed by atoms with Crippen molar-refractivity contribution in [3.05, 3.63) is 34.3 Å². The summed E-state index contributed by atoms with van der Waals surface area (Å²) in [5.41, 5.74) is -0.233. The molecule has 0 aromatic heterocycles. The van der Waals surface area contributed by atoms with E-state index >= 15 is 0 Å². The van der Waals surface area contributed by atoms with Gasteiger partial charge in [0.15, 0.2) is 0 Å². The third-order valence-electron chi connectivity index (χ3n) is 1.49. The van der Waals surface area contributed by atoms with Gasteiger partial charge in [0.2, 0.25) is 0 Å². The Morgan fingerprint density at radius 3 is 2.38 bits per heavy atom. The van der Waals surface area contributed by atoms with Crippen LogP contribution < -0.4 is 0 Å². The average Bonchev–Trinajstić information content (AvgIpc) is 2.03. The van der Waals surface area contributed by atoms with Crippen molar-refractivity contribution in [2.75, 3.05) is 0 Å². The molecule has 0 heterocycles. The number of halogens is 5. The first kappa shape index (κ1) is 10.9. The van der Waals surface area contributed by atoms with Crippen LogP contribution in [0.25, 0.3) is 0 Å². The van der Waals surface area contributed by atoms with Gasteiger partial charge in [-0.3, -0.25) is 0 Å². The van der Waals surface area contributed by atoms with Crippen LogP contribution >= 0.6 is 27.5 Å². The highest BCUT2D eigenvalue weighted by Gasteiger charge is 2.33. The first-order valence-electron chi connectivity index (χ1n) is 3.36. The van der Waals surface area contributed by atoms with Crippen LogP contribution in [-0.4, -0.2) is 0 Å². The molecule has 0 aliphatic carbocycles. The molecule has 0 saturated carbocycles. The van der Waals surface area contributed by atoms with Crippen molar-refractivity contribution in [2.45, 2.75) is 11.5 Å². The standard InChI is InChI=1S/C8H5BrClF3/c9-4-5-1-2-7(10)6(3-5)8(11,12)13/h1-3H,4H2. The van der Waals surface area contributed by atoms with E-state index in [-0.39, 0.29) is 5.02 Å². The van der Waals surface area contributed by atoms with Crippen LogP contribution in [-0.2, 0) is 11.5 Å². The second kappa shape index (κ2) is 3.88. The molecule has 13 heavy (non-hydrogen) atoms. The zero-order valence-corrected chi connectivity index (χ0v) is 8.67. The number of benzene rings is 1. The highest BCUT2D eigenvalue weighted by molar-refractivity contribution is 9.08. The van der Waals surface area contributed by atoms with Crippen molar-refractivity contribution in [2.24, 2.45) is 0 Å². The highest BCUT2D eigenvalue weighted by atomic mass is 79.9. The van der Waals surface area contributed by atoms with E-state index in [0.29, 0.717) is 10.9 Å². The maximum absolute atomic E-state index is 12.3. The van der Waals surface area contributed by atoms with E-state index < -0.39 is 11.7 Å². The maximum Gasteiger partial charge on any atom is 0.417 e. The maximum atomic E-state index is 12.3. The van der Waals surface area contributed by atoms with Gasteiger partial charge in [-0.25, -0.2) is 0 Å². The highest BCUT2D eigenvalue weighted by Crippen LogP contribution is 2.35. The molecule has 1 aromatic rings. The first-order valence-corrected chi connectivity index (χ1v) is 4.86. The van der Waals surface area contributed by atoms with Crippen LogP contribution in [0.4, 0.5) is 13.2 Å². The predicted octanol–water partition coefficient (Wildman–Crippen LogP) is 4.25. The van der Waals surface area contributed by atoms with Gasteiger partial charge in [0.05, 0.1) is 10.6 Å². The van der Waals surface area contributed by atoms with Gasteiger partial charge in [-0.1, -0.05) is 33.6 Å². The lowest BCUT2D eigenvalue weighted by atomic mass is 10.1. The second-order valence-corrected chi connectivity index (χ2v) is 3.41. The fourth-order valence-electron chi connectivity index (χ4n) is 0.873. The van der Waals surface area contributed by atoms with Gasteiger partial charge >= 0.3 is 6.18 Å². The third kappa shape index (κ3) is 2.61. The van der Waals surface area contributed by atoms with Crippen LogP contribution in [0.1, 0.15) is 11.1 Å². The molecule has 5 heteroatoms. The van der Waals surface area contributed by atoms with Gasteiger partial charge in [-0.2, -0.15) is 13.2 Å². The Hall–Kier alpha value is -0.220. The summed E-state index contributed by atoms with van der Waals surface area (Å²) in [6.07, 6.45) is -4.38. The minimum atomic E-state index is -4.38. The van der Waals surface area contributed by atoms with E-state index in [2.05, 4.69) is 15.9 Å². The van der Waals surface area contributed by atoms with Crippen molar-refractivity contribution in [3.8, 4) is 0 Å². The summed E-state index contributed by atoms with van der Waals surface area (Å²) >= 11 is 8.48. The van der Waals surface area contributed by atoms with Gasteiger partial charge in [0.25, 0.3) is 0 Å². The zero-order valence-electron chi connectivity index (χ0n) is 6.33. The molecule has 0 saturated heterocycles. The normalized spacial score (nSPS) is 11.8. The molecule has 1 rings (SSSR count). The average molecular weight is 273 g/mol. The number of hydrogen-bond acceptors (Lipinski definition) is 0. The minimum Gasteiger partial charge on any atom is -0.166 e. The number of alkyl halides is 4. The third-order valence-corrected chi connectivity index (χ3v) is 2.47. The van der Waals surface area contributed by atoms with Gasteiger partial charge < -0.3 is 0 Å². The quantitative estimate of drug-likeness (QED) is 0.671. The molecule has 0 amide bonds. The van der Waals surface area contributed by atoms with Crippen molar-refractivity contribution >= 4 is 27.5 Å². The summed E-state index contributed by atoms with van der Waals surface area (Å²) in [6, 6.07) is 3.84. The number of rotatable bonds is 1. The smallest absolute Gasteiger partial charge is 0.166 e. The molecule has 0 spiro atoms. The Morgan fingerprint density at radius 2 is 1.92 bits per heavy atom. The molecule has 0 fully saturated rings. The van der Waals surface area contributed by atoms with Crippen LogP contribution in [0.15, 0.2) is 18.2 Å². The Kier molecular flexibility index (Phi) is 3.24. The Balaban J connectivity index is 3.19. The lowest BCUT2D eigenvalue weighted by molar-refractivity contribution is -0.137. The van der Waals surface area contributed by atoms with E-state index in [4.69, 9.17) is 11.6 Å². The first-order chi connectivity index (χ1) is 5.95. The van der Waals surface area contributed by atoms with Crippen molar-refractivity contribution in [3.63, 3.8) is 0 Å². The Bertz CT molecular complexity index is 309. The summed E-state index contributed by atoms with van der Waals surface area (Å²) in [7, 11) is 0. The molecular weight excluding hydrogens is 268 g/mol. The van der Waals surface area contributed by atoms with Crippen molar-refractivity contribution < 1.29 is 13.2 Å². The summed E-state index contributed by atoms with van der Waals surface area (Å²) in [5, 5.41) is 0.116. The molecule has 0 atom stereocenters. The molecule has 0 aliphatic heterocycles. The SMILES string of the molecule is FC(F)(F)c1cc(CBr)ccc1Cl. The largest absolute Gasteiger partial charge is 0.417 e. The fourth-order valence-corrected chi connectivity index (χ4v) is 1.45. The zero-order chi connectivity index (χ0) is 10.1. The Morgan fingerprint density at radius 1 is 1.31 bits per heavy atom. The number of hydrogen-bond donors (Lipinski definition) is 0. The molecule has 1 aromatic carbocycles. The van der Waals surface area contributed by atoms with Crippen LogP contribution in [0.5, 0.6) is 0 Å². The monoisotopic (exact) mass is 272 g/mol. The van der Waals surface area contributed by atoms with Crippen LogP contribution in [0, 0.1) is 0 Å². The molecule has 0 nitrogen and oxygen atoms in total. The van der Waals surface area contributed by atoms with E-state index in [1.807, 2.05) is 0 Å². The summed E-state index contributed by atoms with van der Waals surface area (Å²) < 4.78 is 36.8. The van der Waals surface area contributed by atoms with E-state index in [1.165, 1.54) is 6.07 Å². The van der Waals surface area contributed by atoms with E-state index in [0.717, 1.165) is 6.07 Å². The molecule has 0 radical (unpaired) electrons. The van der Waals surface area contributed by atoms with Crippen molar-refractivity contribution in [1.29, 1.82) is 0 Å². The summed E-state index contributed by atoms with van der Waals surface area (Å²) in [6.45, 7) is 0. The topological polar surface area (TPSA) is 0 Å². The second-order valence-electron chi connectivity index (χ2n) is 2.45. The molecule has 0 bridgehead atoms. The molecular formula is C8H5BrClF3. The molecule has 0 aliphatic rings. The van der Waals surface area contributed by atoms with Gasteiger partial charge in [-0.05, 0) is 17.7 Å².